The average Bonchev–Trinajstić information content (AvgIpc) is 2.64. The normalized spacial score (nSPS) is 19.2. The molecule has 0 saturated carbocycles. The van der Waals surface area contributed by atoms with E-state index < -0.39 is 6.09 Å². The third-order valence-electron chi connectivity index (χ3n) is 2.55. The lowest BCUT2D eigenvalue weighted by Crippen LogP contribution is -2.18. The molecule has 0 unspecified atom stereocenters. The summed E-state index contributed by atoms with van der Waals surface area (Å²) in [7, 11) is 3.90. The smallest absolute Gasteiger partial charge is 0.407 e. The summed E-state index contributed by atoms with van der Waals surface area (Å²) in [6.45, 7) is 0.333. The van der Waals surface area contributed by atoms with E-state index in [-0.39, 0.29) is 6.04 Å². The zero-order chi connectivity index (χ0) is 11.7. The number of ether oxygens (including phenoxy) is 1. The van der Waals surface area contributed by atoms with Gasteiger partial charge in [-0.15, -0.1) is 0 Å². The van der Waals surface area contributed by atoms with Gasteiger partial charge in [0.2, 0.25) is 0 Å². The number of hydrogen-bond acceptors (Lipinski definition) is 3. The predicted molar refractivity (Wildman–Crippen MR) is 63.0 cm³/mol. The molecule has 2 rings (SSSR count). The molecule has 1 aromatic rings. The Morgan fingerprint density at radius 3 is 2.75 bits per heavy atom. The molecule has 0 bridgehead atoms. The molecule has 1 N–H and O–H groups in total. The van der Waals surface area contributed by atoms with E-state index in [9.17, 15) is 4.79 Å². The molecular formula is C11H13ClN2O2. The van der Waals surface area contributed by atoms with Gasteiger partial charge >= 0.3 is 6.09 Å². The summed E-state index contributed by atoms with van der Waals surface area (Å²) in [6, 6.07) is 5.61. The summed E-state index contributed by atoms with van der Waals surface area (Å²) in [5, 5.41) is 3.34. The molecule has 1 aliphatic heterocycles. The summed E-state index contributed by atoms with van der Waals surface area (Å²) >= 11 is 6.17. The highest BCUT2D eigenvalue weighted by Gasteiger charge is 2.25. The van der Waals surface area contributed by atoms with Gasteiger partial charge in [0.25, 0.3) is 0 Å². The first kappa shape index (κ1) is 11.1. The van der Waals surface area contributed by atoms with E-state index in [2.05, 4.69) is 5.32 Å². The Balaban J connectivity index is 2.26. The van der Waals surface area contributed by atoms with E-state index in [1.165, 1.54) is 0 Å². The van der Waals surface area contributed by atoms with Gasteiger partial charge < -0.3 is 15.0 Å². The topological polar surface area (TPSA) is 41.6 Å². The number of nitrogens with one attached hydrogen (secondary N) is 1. The largest absolute Gasteiger partial charge is 0.447 e. The highest BCUT2D eigenvalue weighted by molar-refractivity contribution is 6.31. The lowest BCUT2D eigenvalue weighted by molar-refractivity contribution is 0.177. The average molecular weight is 241 g/mol. The molecule has 1 amide bonds. The Kier molecular flexibility index (Phi) is 2.92. The fraction of sp³-hybridized carbons (Fsp3) is 0.364. The second-order valence-corrected chi connectivity index (χ2v) is 4.30. The van der Waals surface area contributed by atoms with Gasteiger partial charge in [0.15, 0.2) is 0 Å². The molecule has 0 spiro atoms. The molecule has 1 saturated heterocycles. The number of halogens is 1. The summed E-state index contributed by atoms with van der Waals surface area (Å²) in [5.41, 5.74) is 1.91. The van der Waals surface area contributed by atoms with Crippen molar-refractivity contribution >= 4 is 23.4 Å². The molecule has 0 aromatic heterocycles. The number of nitrogens with zero attached hydrogens (tertiary/aromatic N) is 1. The van der Waals surface area contributed by atoms with Crippen LogP contribution in [0.15, 0.2) is 18.2 Å². The van der Waals surface area contributed by atoms with Crippen LogP contribution in [0.2, 0.25) is 5.02 Å². The quantitative estimate of drug-likeness (QED) is 0.862. The highest BCUT2D eigenvalue weighted by Crippen LogP contribution is 2.29. The fourth-order valence-electron chi connectivity index (χ4n) is 1.63. The van der Waals surface area contributed by atoms with Crippen LogP contribution in [-0.2, 0) is 4.74 Å². The fourth-order valence-corrected chi connectivity index (χ4v) is 1.94. The first-order chi connectivity index (χ1) is 7.58. The van der Waals surface area contributed by atoms with Crippen LogP contribution in [0, 0.1) is 0 Å². The van der Waals surface area contributed by atoms with E-state index in [4.69, 9.17) is 16.3 Å². The lowest BCUT2D eigenvalue weighted by atomic mass is 10.1. The maximum atomic E-state index is 10.9. The van der Waals surface area contributed by atoms with E-state index in [1.54, 1.807) is 0 Å². The minimum atomic E-state index is -0.391. The van der Waals surface area contributed by atoms with Crippen LogP contribution in [0.25, 0.3) is 0 Å². The van der Waals surface area contributed by atoms with Gasteiger partial charge in [0.05, 0.1) is 6.04 Å². The molecule has 1 heterocycles. The third-order valence-corrected chi connectivity index (χ3v) is 2.88. The minimum Gasteiger partial charge on any atom is -0.447 e. The number of rotatable bonds is 2. The van der Waals surface area contributed by atoms with Gasteiger partial charge in [-0.1, -0.05) is 17.7 Å². The molecule has 1 aliphatic rings. The Hall–Kier alpha value is -1.42. The van der Waals surface area contributed by atoms with Crippen molar-refractivity contribution in [2.45, 2.75) is 6.04 Å². The molecule has 1 atom stereocenters. The van der Waals surface area contributed by atoms with Crippen molar-refractivity contribution < 1.29 is 9.53 Å². The van der Waals surface area contributed by atoms with Crippen molar-refractivity contribution in [3.05, 3.63) is 28.8 Å². The molecular weight excluding hydrogens is 228 g/mol. The maximum Gasteiger partial charge on any atom is 0.407 e. The summed E-state index contributed by atoms with van der Waals surface area (Å²) < 4.78 is 4.83. The second-order valence-electron chi connectivity index (χ2n) is 3.90. The molecule has 0 radical (unpaired) electrons. The Bertz CT molecular complexity index is 420. The monoisotopic (exact) mass is 240 g/mol. The van der Waals surface area contributed by atoms with Crippen LogP contribution in [0.4, 0.5) is 10.5 Å². The molecule has 1 aromatic carbocycles. The van der Waals surface area contributed by atoms with Gasteiger partial charge in [-0.05, 0) is 17.7 Å². The summed E-state index contributed by atoms with van der Waals surface area (Å²) in [5.74, 6) is 0. The van der Waals surface area contributed by atoms with E-state index in [1.807, 2.05) is 37.2 Å². The third kappa shape index (κ3) is 2.07. The van der Waals surface area contributed by atoms with Gasteiger partial charge in [0.1, 0.15) is 6.61 Å². The Morgan fingerprint density at radius 2 is 2.25 bits per heavy atom. The summed E-state index contributed by atoms with van der Waals surface area (Å²) in [4.78, 5) is 12.9. The Morgan fingerprint density at radius 1 is 1.50 bits per heavy atom. The number of hydrogen-bond donors (Lipinski definition) is 1. The van der Waals surface area contributed by atoms with Gasteiger partial charge in [0, 0.05) is 24.8 Å². The number of carbonyl (C=O) groups excluding carboxylic acids is 1. The van der Waals surface area contributed by atoms with Crippen LogP contribution < -0.4 is 10.2 Å². The second kappa shape index (κ2) is 4.22. The predicted octanol–water partition coefficient (Wildman–Crippen LogP) is 2.19. The molecule has 0 aliphatic carbocycles. The van der Waals surface area contributed by atoms with Crippen LogP contribution in [0.3, 0.4) is 0 Å². The SMILES string of the molecule is CN(C)c1ccc([C@@H]2COC(=O)N2)c(Cl)c1. The minimum absolute atomic E-state index is 0.142. The van der Waals surface area contributed by atoms with Crippen LogP contribution >= 0.6 is 11.6 Å². The molecule has 5 heteroatoms. The first-order valence-corrected chi connectivity index (χ1v) is 5.36. The number of amides is 1. The molecule has 86 valence electrons. The summed E-state index contributed by atoms with van der Waals surface area (Å²) in [6.07, 6.45) is -0.391. The Labute approximate surface area is 99.1 Å². The maximum absolute atomic E-state index is 10.9. The standard InChI is InChI=1S/C11H13ClN2O2/c1-14(2)7-3-4-8(9(12)5-7)10-6-16-11(15)13-10/h3-5,10H,6H2,1-2H3,(H,13,15)/t10-/m0/s1. The number of anilines is 1. The lowest BCUT2D eigenvalue weighted by Gasteiger charge is -2.16. The number of benzene rings is 1. The van der Waals surface area contributed by atoms with E-state index in [0.717, 1.165) is 11.3 Å². The van der Waals surface area contributed by atoms with E-state index in [0.29, 0.717) is 11.6 Å². The van der Waals surface area contributed by atoms with Crippen molar-refractivity contribution in [2.75, 3.05) is 25.6 Å². The zero-order valence-corrected chi connectivity index (χ0v) is 9.91. The number of carbonyl (C=O) groups is 1. The van der Waals surface area contributed by atoms with Gasteiger partial charge in [-0.25, -0.2) is 4.79 Å². The van der Waals surface area contributed by atoms with Crippen molar-refractivity contribution in [1.29, 1.82) is 0 Å². The van der Waals surface area contributed by atoms with Crippen LogP contribution in [-0.4, -0.2) is 26.8 Å². The molecule has 1 fully saturated rings. The number of alkyl carbamates (subject to hydrolysis) is 1. The zero-order valence-electron chi connectivity index (χ0n) is 9.16. The highest BCUT2D eigenvalue weighted by atomic mass is 35.5. The van der Waals surface area contributed by atoms with Crippen molar-refractivity contribution in [3.8, 4) is 0 Å². The van der Waals surface area contributed by atoms with Gasteiger partial charge in [-0.2, -0.15) is 0 Å². The van der Waals surface area contributed by atoms with Crippen molar-refractivity contribution in [3.63, 3.8) is 0 Å². The number of cyclic esters (lactones) is 1. The van der Waals surface area contributed by atoms with Gasteiger partial charge in [-0.3, -0.25) is 0 Å². The van der Waals surface area contributed by atoms with Crippen LogP contribution in [0.1, 0.15) is 11.6 Å². The first-order valence-electron chi connectivity index (χ1n) is 4.98. The van der Waals surface area contributed by atoms with Crippen molar-refractivity contribution in [1.82, 2.24) is 5.32 Å². The van der Waals surface area contributed by atoms with E-state index >= 15 is 0 Å². The van der Waals surface area contributed by atoms with Crippen LogP contribution in [0.5, 0.6) is 0 Å². The molecule has 16 heavy (non-hydrogen) atoms. The van der Waals surface area contributed by atoms with Crippen molar-refractivity contribution in [2.24, 2.45) is 0 Å². The molecule has 4 nitrogen and oxygen atoms in total.